The molecule has 1 aromatic carbocycles. The molecule has 0 radical (unpaired) electrons. The molecule has 25 heavy (non-hydrogen) atoms. The summed E-state index contributed by atoms with van der Waals surface area (Å²) in [6.45, 7) is 5.23. The van der Waals surface area contributed by atoms with Gasteiger partial charge in [-0.1, -0.05) is 54.9 Å². The lowest BCUT2D eigenvalue weighted by Crippen LogP contribution is -2.45. The Bertz CT molecular complexity index is 554. The van der Waals surface area contributed by atoms with E-state index in [0.29, 0.717) is 0 Å². The zero-order valence-electron chi connectivity index (χ0n) is 15.2. The van der Waals surface area contributed by atoms with Gasteiger partial charge in [-0.15, -0.1) is 0 Å². The molecular formula is C20H30N2O2S. The fourth-order valence-corrected chi connectivity index (χ4v) is 5.04. The molecule has 0 spiro atoms. The van der Waals surface area contributed by atoms with E-state index < -0.39 is 5.60 Å². The van der Waals surface area contributed by atoms with Crippen LogP contribution < -0.4 is 0 Å². The Morgan fingerprint density at radius 2 is 1.80 bits per heavy atom. The van der Waals surface area contributed by atoms with E-state index in [1.165, 1.54) is 11.8 Å². The predicted molar refractivity (Wildman–Crippen MR) is 104 cm³/mol. The van der Waals surface area contributed by atoms with Crippen LogP contribution in [0.15, 0.2) is 30.3 Å². The van der Waals surface area contributed by atoms with Crippen LogP contribution >= 0.6 is 11.8 Å². The van der Waals surface area contributed by atoms with E-state index >= 15 is 0 Å². The van der Waals surface area contributed by atoms with Crippen molar-refractivity contribution >= 4 is 16.9 Å². The van der Waals surface area contributed by atoms with Crippen LogP contribution in [0.3, 0.4) is 0 Å². The molecule has 1 aromatic rings. The van der Waals surface area contributed by atoms with Crippen LogP contribution in [0.1, 0.15) is 31.2 Å². The maximum Gasteiger partial charge on any atom is 0.225 e. The second kappa shape index (κ2) is 8.67. The van der Waals surface area contributed by atoms with Crippen molar-refractivity contribution < 1.29 is 9.90 Å². The first kappa shape index (κ1) is 18.9. The molecule has 0 amide bonds. The summed E-state index contributed by atoms with van der Waals surface area (Å²) < 4.78 is 0. The molecule has 1 saturated heterocycles. The topological polar surface area (TPSA) is 43.8 Å². The third-order valence-electron chi connectivity index (χ3n) is 5.71. The van der Waals surface area contributed by atoms with Gasteiger partial charge in [-0.05, 0) is 31.4 Å². The third-order valence-corrected chi connectivity index (χ3v) is 6.67. The summed E-state index contributed by atoms with van der Waals surface area (Å²) >= 11 is 1.32. The van der Waals surface area contributed by atoms with Gasteiger partial charge in [-0.3, -0.25) is 9.69 Å². The van der Waals surface area contributed by atoms with Crippen molar-refractivity contribution in [3.05, 3.63) is 35.9 Å². The summed E-state index contributed by atoms with van der Waals surface area (Å²) in [5.41, 5.74) is -0.566. The lowest BCUT2D eigenvalue weighted by atomic mass is 9.81. The van der Waals surface area contributed by atoms with Crippen LogP contribution in [-0.2, 0) is 10.4 Å². The van der Waals surface area contributed by atoms with E-state index in [0.717, 1.165) is 69.7 Å². The van der Waals surface area contributed by atoms with Crippen LogP contribution in [0, 0.1) is 5.92 Å². The number of piperazine rings is 1. The monoisotopic (exact) mass is 362 g/mol. The number of likely N-dealkylation sites (N-methyl/N-ethyl adjacent to an activating group) is 1. The molecule has 1 heterocycles. The zero-order chi connectivity index (χ0) is 17.7. The summed E-state index contributed by atoms with van der Waals surface area (Å²) in [5, 5.41) is 11.4. The van der Waals surface area contributed by atoms with Crippen molar-refractivity contribution in [2.75, 3.05) is 45.5 Å². The third kappa shape index (κ3) is 4.45. The number of rotatable bonds is 6. The number of aliphatic hydroxyl groups is 1. The Balaban J connectivity index is 1.61. The molecule has 138 valence electrons. The van der Waals surface area contributed by atoms with Crippen molar-refractivity contribution in [1.82, 2.24) is 9.80 Å². The molecule has 2 fully saturated rings. The minimum atomic E-state index is -1.33. The standard InChI is InChI=1S/C20H30N2O2S/c1-21-11-13-22(14-12-21)15-16-25-19(23)20(24,18-9-5-6-10-18)17-7-3-2-4-8-17/h2-4,7-8,18,24H,5-6,9-16H2,1H3. The smallest absolute Gasteiger partial charge is 0.225 e. The quantitative estimate of drug-likeness (QED) is 0.843. The predicted octanol–water partition coefficient (Wildman–Crippen LogP) is 2.57. The highest BCUT2D eigenvalue weighted by molar-refractivity contribution is 8.13. The molecule has 1 saturated carbocycles. The number of hydrogen-bond donors (Lipinski definition) is 1. The normalized spacial score (nSPS) is 22.8. The molecular weight excluding hydrogens is 332 g/mol. The van der Waals surface area contributed by atoms with Gasteiger partial charge in [-0.2, -0.15) is 0 Å². The van der Waals surface area contributed by atoms with Gasteiger partial charge in [0.25, 0.3) is 0 Å². The Hall–Kier alpha value is -0.880. The maximum absolute atomic E-state index is 13.0. The summed E-state index contributed by atoms with van der Waals surface area (Å²) in [7, 11) is 2.15. The van der Waals surface area contributed by atoms with Crippen LogP contribution in [0.5, 0.6) is 0 Å². The van der Waals surface area contributed by atoms with Crippen molar-refractivity contribution in [1.29, 1.82) is 0 Å². The van der Waals surface area contributed by atoms with Gasteiger partial charge < -0.3 is 10.0 Å². The van der Waals surface area contributed by atoms with E-state index in [2.05, 4.69) is 16.8 Å². The van der Waals surface area contributed by atoms with Crippen LogP contribution in [0.4, 0.5) is 0 Å². The summed E-state index contributed by atoms with van der Waals surface area (Å²) in [6, 6.07) is 9.56. The Morgan fingerprint density at radius 3 is 2.44 bits per heavy atom. The van der Waals surface area contributed by atoms with E-state index in [9.17, 15) is 9.90 Å². The highest BCUT2D eigenvalue weighted by Crippen LogP contribution is 2.43. The van der Waals surface area contributed by atoms with Gasteiger partial charge in [-0.25, -0.2) is 0 Å². The largest absolute Gasteiger partial charge is 0.376 e. The number of thioether (sulfide) groups is 1. The SMILES string of the molecule is CN1CCN(CCSC(=O)C(O)(c2ccccc2)C2CCCC2)CC1. The fraction of sp³-hybridized carbons (Fsp3) is 0.650. The van der Waals surface area contributed by atoms with Crippen LogP contribution in [-0.4, -0.2) is 65.5 Å². The summed E-state index contributed by atoms with van der Waals surface area (Å²) in [6.07, 6.45) is 4.10. The second-order valence-corrected chi connectivity index (χ2v) is 8.46. The van der Waals surface area contributed by atoms with Crippen molar-refractivity contribution in [2.45, 2.75) is 31.3 Å². The molecule has 1 aliphatic carbocycles. The van der Waals surface area contributed by atoms with Gasteiger partial charge in [0.05, 0.1) is 0 Å². The van der Waals surface area contributed by atoms with Gasteiger partial charge in [0.15, 0.2) is 5.60 Å². The van der Waals surface area contributed by atoms with Gasteiger partial charge >= 0.3 is 0 Å². The number of carbonyl (C=O) groups excluding carboxylic acids is 1. The molecule has 5 heteroatoms. The van der Waals surface area contributed by atoms with Crippen LogP contribution in [0.2, 0.25) is 0 Å². The average molecular weight is 363 g/mol. The van der Waals surface area contributed by atoms with Crippen molar-refractivity contribution in [2.24, 2.45) is 5.92 Å². The molecule has 3 rings (SSSR count). The van der Waals surface area contributed by atoms with E-state index in [-0.39, 0.29) is 11.0 Å². The van der Waals surface area contributed by atoms with Crippen LogP contribution in [0.25, 0.3) is 0 Å². The second-order valence-electron chi connectivity index (χ2n) is 7.39. The zero-order valence-corrected chi connectivity index (χ0v) is 16.0. The first-order valence-corrected chi connectivity index (χ1v) is 10.5. The first-order valence-electron chi connectivity index (χ1n) is 9.46. The number of hydrogen-bond acceptors (Lipinski definition) is 5. The Kier molecular flexibility index (Phi) is 6.55. The highest BCUT2D eigenvalue weighted by atomic mass is 32.2. The van der Waals surface area contributed by atoms with Gasteiger partial charge in [0, 0.05) is 38.5 Å². The molecule has 4 nitrogen and oxygen atoms in total. The molecule has 0 bridgehead atoms. The van der Waals surface area contributed by atoms with Crippen molar-refractivity contribution in [3.8, 4) is 0 Å². The lowest BCUT2D eigenvalue weighted by molar-refractivity contribution is -0.134. The molecule has 1 N–H and O–H groups in total. The van der Waals surface area contributed by atoms with E-state index in [1.54, 1.807) is 0 Å². The molecule has 1 unspecified atom stereocenters. The fourth-order valence-electron chi connectivity index (χ4n) is 4.00. The minimum Gasteiger partial charge on any atom is -0.376 e. The highest BCUT2D eigenvalue weighted by Gasteiger charge is 2.46. The number of nitrogens with zero attached hydrogens (tertiary/aromatic N) is 2. The molecule has 0 aromatic heterocycles. The number of benzene rings is 1. The first-order chi connectivity index (χ1) is 12.1. The van der Waals surface area contributed by atoms with Gasteiger partial charge in [0.2, 0.25) is 5.12 Å². The Labute approximate surface area is 155 Å². The molecule has 1 atom stereocenters. The van der Waals surface area contributed by atoms with Crippen molar-refractivity contribution in [3.63, 3.8) is 0 Å². The minimum absolute atomic E-state index is 0.0542. The average Bonchev–Trinajstić information content (AvgIpc) is 3.18. The molecule has 1 aliphatic heterocycles. The van der Waals surface area contributed by atoms with E-state index in [1.807, 2.05) is 30.3 Å². The Morgan fingerprint density at radius 1 is 1.16 bits per heavy atom. The summed E-state index contributed by atoms with van der Waals surface area (Å²) in [5.74, 6) is 0.809. The summed E-state index contributed by atoms with van der Waals surface area (Å²) in [4.78, 5) is 17.8. The molecule has 2 aliphatic rings. The van der Waals surface area contributed by atoms with Gasteiger partial charge in [0.1, 0.15) is 0 Å². The van der Waals surface area contributed by atoms with E-state index in [4.69, 9.17) is 0 Å². The maximum atomic E-state index is 13.0. The number of carbonyl (C=O) groups is 1. The lowest BCUT2D eigenvalue weighted by Gasteiger charge is -2.34.